The Kier molecular flexibility index (Phi) is 4.55. The second-order valence-corrected chi connectivity index (χ2v) is 7.62. The van der Waals surface area contributed by atoms with Crippen LogP contribution in [0.3, 0.4) is 0 Å². The van der Waals surface area contributed by atoms with Gasteiger partial charge in [-0.25, -0.2) is 4.52 Å². The van der Waals surface area contributed by atoms with Gasteiger partial charge in [0.1, 0.15) is 5.75 Å². The van der Waals surface area contributed by atoms with Crippen molar-refractivity contribution in [2.75, 3.05) is 44.7 Å². The Balaban J connectivity index is 1.35. The van der Waals surface area contributed by atoms with Crippen LogP contribution in [-0.4, -0.2) is 65.2 Å². The van der Waals surface area contributed by atoms with Crippen molar-refractivity contribution in [1.82, 2.24) is 24.8 Å². The summed E-state index contributed by atoms with van der Waals surface area (Å²) in [5.41, 5.74) is 2.28. The molecule has 1 amide bonds. The fourth-order valence-corrected chi connectivity index (χ4v) is 3.89. The molecule has 0 spiro atoms. The predicted molar refractivity (Wildman–Crippen MR) is 109 cm³/mol. The van der Waals surface area contributed by atoms with Gasteiger partial charge in [-0.05, 0) is 25.2 Å². The molecule has 1 fully saturated rings. The number of fused-ring (bicyclic) bond motifs is 2. The molecule has 0 saturated carbocycles. The van der Waals surface area contributed by atoms with Crippen LogP contribution in [0.4, 0.5) is 5.95 Å². The summed E-state index contributed by atoms with van der Waals surface area (Å²) in [4.78, 5) is 22.0. The average Bonchev–Trinajstić information content (AvgIpc) is 3.18. The van der Waals surface area contributed by atoms with Crippen molar-refractivity contribution in [3.63, 3.8) is 0 Å². The van der Waals surface area contributed by atoms with Gasteiger partial charge in [0.15, 0.2) is 5.65 Å². The van der Waals surface area contributed by atoms with Gasteiger partial charge in [0, 0.05) is 49.9 Å². The van der Waals surface area contributed by atoms with E-state index in [4.69, 9.17) is 4.74 Å². The maximum atomic E-state index is 12.9. The highest BCUT2D eigenvalue weighted by Crippen LogP contribution is 2.31. The zero-order chi connectivity index (χ0) is 19.8. The molecule has 1 aromatic carbocycles. The van der Waals surface area contributed by atoms with E-state index in [2.05, 4.69) is 32.2 Å². The number of piperazine rings is 1. The van der Waals surface area contributed by atoms with Gasteiger partial charge in [0.25, 0.3) is 5.91 Å². The van der Waals surface area contributed by atoms with Crippen LogP contribution in [0, 0.1) is 0 Å². The summed E-state index contributed by atoms with van der Waals surface area (Å²) in [6.07, 6.45) is 2.55. The van der Waals surface area contributed by atoms with Crippen molar-refractivity contribution in [2.24, 2.45) is 0 Å². The predicted octanol–water partition coefficient (Wildman–Crippen LogP) is 1.73. The molecule has 3 aromatic rings. The SMILES string of the molecule is CN1CCN(c2nc3cc(C(=O)N[C@H]4CCOc5ccccc54)ccn3n2)CC1. The maximum Gasteiger partial charge on any atom is 0.251 e. The summed E-state index contributed by atoms with van der Waals surface area (Å²) in [6, 6.07) is 11.4. The summed E-state index contributed by atoms with van der Waals surface area (Å²) in [7, 11) is 2.12. The normalized spacial score (nSPS) is 19.6. The molecule has 2 aliphatic heterocycles. The number of para-hydroxylation sites is 1. The van der Waals surface area contributed by atoms with E-state index >= 15 is 0 Å². The summed E-state index contributed by atoms with van der Waals surface area (Å²) in [6.45, 7) is 4.40. The van der Waals surface area contributed by atoms with E-state index in [0.717, 1.165) is 43.9 Å². The number of aromatic nitrogens is 3. The molecule has 1 saturated heterocycles. The number of hydrogen-bond donors (Lipinski definition) is 1. The molecule has 8 nitrogen and oxygen atoms in total. The minimum Gasteiger partial charge on any atom is -0.493 e. The number of carbonyl (C=O) groups is 1. The van der Waals surface area contributed by atoms with E-state index in [9.17, 15) is 4.79 Å². The lowest BCUT2D eigenvalue weighted by molar-refractivity contribution is 0.0924. The third-order valence-corrected chi connectivity index (χ3v) is 5.64. The summed E-state index contributed by atoms with van der Waals surface area (Å²) in [5.74, 6) is 1.45. The molecule has 4 heterocycles. The first-order valence-corrected chi connectivity index (χ1v) is 10.00. The average molecular weight is 392 g/mol. The molecular weight excluding hydrogens is 368 g/mol. The van der Waals surface area contributed by atoms with E-state index < -0.39 is 0 Å². The van der Waals surface area contributed by atoms with E-state index in [0.29, 0.717) is 23.8 Å². The first-order valence-electron chi connectivity index (χ1n) is 10.00. The van der Waals surface area contributed by atoms with Crippen LogP contribution in [-0.2, 0) is 0 Å². The van der Waals surface area contributed by atoms with Crippen LogP contribution < -0.4 is 15.0 Å². The number of ether oxygens (including phenoxy) is 1. The van der Waals surface area contributed by atoms with Gasteiger partial charge in [-0.1, -0.05) is 18.2 Å². The summed E-state index contributed by atoms with van der Waals surface area (Å²) in [5, 5.41) is 7.71. The van der Waals surface area contributed by atoms with Crippen LogP contribution >= 0.6 is 0 Å². The molecule has 1 N–H and O–H groups in total. The number of nitrogens with zero attached hydrogens (tertiary/aromatic N) is 5. The first kappa shape index (κ1) is 17.9. The van der Waals surface area contributed by atoms with E-state index in [1.165, 1.54) is 0 Å². The Morgan fingerprint density at radius 1 is 1.17 bits per heavy atom. The number of benzene rings is 1. The lowest BCUT2D eigenvalue weighted by Crippen LogP contribution is -2.44. The van der Waals surface area contributed by atoms with Crippen molar-refractivity contribution < 1.29 is 9.53 Å². The molecule has 2 aromatic heterocycles. The minimum absolute atomic E-state index is 0.0533. The highest BCUT2D eigenvalue weighted by Gasteiger charge is 2.24. The molecule has 29 heavy (non-hydrogen) atoms. The van der Waals surface area contributed by atoms with Crippen LogP contribution in [0.2, 0.25) is 0 Å². The highest BCUT2D eigenvalue weighted by atomic mass is 16.5. The summed E-state index contributed by atoms with van der Waals surface area (Å²) >= 11 is 0. The van der Waals surface area contributed by atoms with Crippen molar-refractivity contribution in [2.45, 2.75) is 12.5 Å². The van der Waals surface area contributed by atoms with Crippen molar-refractivity contribution in [3.8, 4) is 5.75 Å². The number of anilines is 1. The lowest BCUT2D eigenvalue weighted by Gasteiger charge is -2.31. The Labute approximate surface area is 169 Å². The Morgan fingerprint density at radius 2 is 2.00 bits per heavy atom. The molecule has 150 valence electrons. The lowest BCUT2D eigenvalue weighted by atomic mass is 10.0. The number of carbonyl (C=O) groups excluding carboxylic acids is 1. The zero-order valence-corrected chi connectivity index (χ0v) is 16.4. The fourth-order valence-electron chi connectivity index (χ4n) is 3.89. The third-order valence-electron chi connectivity index (χ3n) is 5.64. The van der Waals surface area contributed by atoms with Gasteiger partial charge >= 0.3 is 0 Å². The van der Waals surface area contributed by atoms with Crippen LogP contribution in [0.1, 0.15) is 28.4 Å². The van der Waals surface area contributed by atoms with Gasteiger partial charge in [0.2, 0.25) is 5.95 Å². The van der Waals surface area contributed by atoms with Gasteiger partial charge in [-0.15, -0.1) is 5.10 Å². The maximum absolute atomic E-state index is 12.9. The van der Waals surface area contributed by atoms with Crippen molar-refractivity contribution in [1.29, 1.82) is 0 Å². The smallest absolute Gasteiger partial charge is 0.251 e. The number of hydrogen-bond acceptors (Lipinski definition) is 6. The third kappa shape index (κ3) is 3.51. The number of nitrogens with one attached hydrogen (secondary N) is 1. The molecular formula is C21H24N6O2. The van der Waals surface area contributed by atoms with Gasteiger partial charge in [-0.2, -0.15) is 4.98 Å². The zero-order valence-electron chi connectivity index (χ0n) is 16.4. The monoisotopic (exact) mass is 392 g/mol. The largest absolute Gasteiger partial charge is 0.493 e. The first-order chi connectivity index (χ1) is 14.2. The standard InChI is InChI=1S/C21H24N6O2/c1-25-9-11-26(12-10-25)21-23-19-14-15(6-8-27(19)24-21)20(28)22-17-7-13-29-18-5-3-2-4-16(17)18/h2-6,8,14,17H,7,9-13H2,1H3,(H,22,28)/t17-/m0/s1. The molecule has 8 heteroatoms. The molecule has 0 radical (unpaired) electrons. The van der Waals surface area contributed by atoms with Gasteiger partial charge in [-0.3, -0.25) is 4.79 Å². The van der Waals surface area contributed by atoms with E-state index in [1.54, 1.807) is 22.8 Å². The molecule has 1 atom stereocenters. The van der Waals surface area contributed by atoms with Crippen molar-refractivity contribution in [3.05, 3.63) is 53.7 Å². The van der Waals surface area contributed by atoms with E-state index in [1.807, 2.05) is 24.3 Å². The molecule has 0 unspecified atom stereocenters. The quantitative estimate of drug-likeness (QED) is 0.732. The fraction of sp³-hybridized carbons (Fsp3) is 0.381. The van der Waals surface area contributed by atoms with Crippen LogP contribution in [0.15, 0.2) is 42.6 Å². The number of rotatable bonds is 3. The second-order valence-electron chi connectivity index (χ2n) is 7.62. The van der Waals surface area contributed by atoms with Gasteiger partial charge in [0.05, 0.1) is 12.6 Å². The Bertz CT molecular complexity index is 1040. The number of likely N-dealkylation sites (N-methyl/N-ethyl adjacent to an activating group) is 1. The molecule has 2 aliphatic rings. The number of pyridine rings is 1. The Morgan fingerprint density at radius 3 is 2.86 bits per heavy atom. The molecule has 0 bridgehead atoms. The molecule has 0 aliphatic carbocycles. The molecule has 5 rings (SSSR count). The number of amides is 1. The highest BCUT2D eigenvalue weighted by molar-refractivity contribution is 5.95. The minimum atomic E-state index is -0.113. The van der Waals surface area contributed by atoms with Crippen LogP contribution in [0.25, 0.3) is 5.65 Å². The topological polar surface area (TPSA) is 75.0 Å². The van der Waals surface area contributed by atoms with Crippen molar-refractivity contribution >= 4 is 17.5 Å². The summed E-state index contributed by atoms with van der Waals surface area (Å²) < 4.78 is 7.42. The Hall–Kier alpha value is -3.13. The van der Waals surface area contributed by atoms with Crippen LogP contribution in [0.5, 0.6) is 5.75 Å². The van der Waals surface area contributed by atoms with Gasteiger partial charge < -0.3 is 19.9 Å². The van der Waals surface area contributed by atoms with E-state index in [-0.39, 0.29) is 11.9 Å². The second kappa shape index (κ2) is 7.36.